The number of hydrogen-bond acceptors (Lipinski definition) is 3. The molecule has 1 rings (SSSR count). The Kier molecular flexibility index (Phi) is 35.9. The topological polar surface area (TPSA) is 106 Å². The zero-order chi connectivity index (χ0) is 16.9. The van der Waals surface area contributed by atoms with Crippen LogP contribution in [0.4, 0.5) is 0 Å². The number of hydrogen-bond donors (Lipinski definition) is 1. The molecule has 0 saturated heterocycles. The summed E-state index contributed by atoms with van der Waals surface area (Å²) in [7, 11) is 0. The van der Waals surface area contributed by atoms with Crippen molar-refractivity contribution in [2.45, 2.75) is 6.10 Å². The zero-order valence-electron chi connectivity index (χ0n) is 11.2. The van der Waals surface area contributed by atoms with Crippen LogP contribution in [0.3, 0.4) is 0 Å². The molecule has 1 atom stereocenters. The van der Waals surface area contributed by atoms with E-state index in [0.29, 0.717) is 0 Å². The summed E-state index contributed by atoms with van der Waals surface area (Å²) in [5, 5.41) is 9.65. The molecule has 0 fully saturated rings. The Bertz CT molecular complexity index is 374. The minimum atomic E-state index is -0.636. The normalized spacial score (nSPS) is 8.50. The summed E-state index contributed by atoms with van der Waals surface area (Å²) in [6.45, 7) is 15.0. The van der Waals surface area contributed by atoms with Gasteiger partial charge < -0.3 is 14.6 Å². The van der Waals surface area contributed by atoms with Crippen molar-refractivity contribution in [1.82, 2.24) is 0 Å². The fourth-order valence-electron chi connectivity index (χ4n) is 1.08. The Labute approximate surface area is 140 Å². The van der Waals surface area contributed by atoms with Gasteiger partial charge in [0.25, 0.3) is 0 Å². The Morgan fingerprint density at radius 3 is 2.09 bits per heavy atom. The third kappa shape index (κ3) is 18.4. The molecule has 3 radical (unpaired) electrons. The van der Waals surface area contributed by atoms with Crippen molar-refractivity contribution >= 4 is 6.47 Å². The maximum Gasteiger partial charge on any atom is 0 e. The Hall–Kier alpha value is -1.61. The summed E-state index contributed by atoms with van der Waals surface area (Å²) in [6, 6.07) is 9.29. The maximum atomic E-state index is 9.68. The van der Waals surface area contributed by atoms with Crippen LogP contribution in [-0.2, 0) is 40.6 Å². The molecule has 22 heavy (non-hydrogen) atoms. The van der Waals surface area contributed by atoms with Gasteiger partial charge in [-0.1, -0.05) is 36.8 Å². The van der Waals surface area contributed by atoms with Crippen LogP contribution in [-0.4, -0.2) is 18.2 Å². The largest absolute Gasteiger partial charge is 0 e. The predicted octanol–water partition coefficient (Wildman–Crippen LogP) is 1.30. The molecule has 0 heterocycles. The molecule has 0 amide bonds. The molecule has 0 saturated carbocycles. The number of benzene rings is 1. The predicted molar refractivity (Wildman–Crippen MR) is 67.7 cm³/mol. The molecule has 1 unspecified atom stereocenters. The fraction of sp³-hybridized carbons (Fsp3) is 0.133. The smallest absolute Gasteiger partial charge is 0 e. The van der Waals surface area contributed by atoms with Crippen molar-refractivity contribution in [2.75, 3.05) is 6.61 Å². The third-order valence-corrected chi connectivity index (χ3v) is 1.81. The first-order chi connectivity index (χ1) is 10.3. The summed E-state index contributed by atoms with van der Waals surface area (Å²) < 4.78 is 26.8. The summed E-state index contributed by atoms with van der Waals surface area (Å²) in [5.41, 5.74) is 0.824. The molecule has 1 aromatic rings. The second kappa shape index (κ2) is 27.7. The van der Waals surface area contributed by atoms with E-state index in [2.05, 4.69) is 24.7 Å². The van der Waals surface area contributed by atoms with E-state index in [1.807, 2.05) is 30.3 Å². The molecule has 0 aliphatic carbocycles. The molecule has 0 aliphatic rings. The van der Waals surface area contributed by atoms with Gasteiger partial charge in [-0.2, -0.15) is 0 Å². The van der Waals surface area contributed by atoms with E-state index in [1.54, 1.807) is 19.3 Å². The first-order valence-corrected chi connectivity index (χ1v) is 5.18. The molecule has 7 heteroatoms. The quantitative estimate of drug-likeness (QED) is 0.349. The van der Waals surface area contributed by atoms with Crippen LogP contribution in [0.25, 0.3) is 0 Å². The molecule has 0 aromatic heterocycles. The van der Waals surface area contributed by atoms with Crippen molar-refractivity contribution < 1.29 is 45.7 Å². The van der Waals surface area contributed by atoms with Crippen LogP contribution in [0.2, 0.25) is 0 Å². The average molecular weight is 344 g/mol. The van der Waals surface area contributed by atoms with E-state index in [1.165, 1.54) is 6.47 Å². The van der Waals surface area contributed by atoms with Gasteiger partial charge in [0.2, 0.25) is 0 Å². The molecule has 1 aromatic carbocycles. The zero-order valence-corrected chi connectivity index (χ0v) is 12.3. The van der Waals surface area contributed by atoms with Crippen LogP contribution in [0.1, 0.15) is 11.7 Å². The molecule has 0 aliphatic heterocycles. The molecular formula is C15H12FeO6-. The number of aliphatic hydroxyl groups is 1. The second-order valence-corrected chi connectivity index (χ2v) is 2.87. The van der Waals surface area contributed by atoms with Crippen molar-refractivity contribution in [2.24, 2.45) is 0 Å². The van der Waals surface area contributed by atoms with Gasteiger partial charge in [-0.15, -0.1) is 0 Å². The van der Waals surface area contributed by atoms with Gasteiger partial charge >= 0.3 is 33.9 Å². The summed E-state index contributed by atoms with van der Waals surface area (Å²) in [6.07, 6.45) is 4.25. The summed E-state index contributed by atoms with van der Waals surface area (Å²) in [4.78, 5) is 9.68. The van der Waals surface area contributed by atoms with Crippen molar-refractivity contribution in [3.8, 4) is 0 Å². The number of ether oxygens (including phenoxy) is 1. The number of aliphatic hydroxyl groups excluding tert-OH is 1. The van der Waals surface area contributed by atoms with Gasteiger partial charge in [-0.25, -0.2) is 0 Å². The fourth-order valence-corrected chi connectivity index (χ4v) is 1.08. The van der Waals surface area contributed by atoms with Crippen LogP contribution in [0.15, 0.2) is 30.3 Å². The van der Waals surface area contributed by atoms with Crippen LogP contribution >= 0.6 is 0 Å². The summed E-state index contributed by atoms with van der Waals surface area (Å²) in [5.74, 6) is 0. The van der Waals surface area contributed by atoms with Gasteiger partial charge in [0.15, 0.2) is 0 Å². The molecule has 117 valence electrons. The third-order valence-electron chi connectivity index (χ3n) is 1.81. The first-order valence-electron chi connectivity index (χ1n) is 5.18. The van der Waals surface area contributed by atoms with Crippen LogP contribution in [0.5, 0.6) is 0 Å². The minimum Gasteiger partial charge on any atom is 0 e. The van der Waals surface area contributed by atoms with E-state index < -0.39 is 6.10 Å². The van der Waals surface area contributed by atoms with Crippen LogP contribution in [0, 0.1) is 39.2 Å². The number of carbonyl (C=O) groups excluding carboxylic acids is 1. The Morgan fingerprint density at radius 2 is 1.64 bits per heavy atom. The molecule has 0 bridgehead atoms. The van der Waals surface area contributed by atoms with Gasteiger partial charge in [-0.3, -0.25) is 0 Å². The van der Waals surface area contributed by atoms with E-state index in [0.717, 1.165) is 5.56 Å². The first kappa shape index (κ1) is 28.5. The number of rotatable bonds is 7. The van der Waals surface area contributed by atoms with E-state index in [4.69, 9.17) is 14.0 Å². The average Bonchev–Trinajstić information content (AvgIpc) is 2.60. The SMILES string of the molecule is O=[C-]OC[CH][CH][CH]C(O)c1ccccc1.[C-]#[O+].[C-]#[O+].[C-]#[O+].[Fe]. The Morgan fingerprint density at radius 1 is 1.14 bits per heavy atom. The van der Waals surface area contributed by atoms with E-state index >= 15 is 0 Å². The van der Waals surface area contributed by atoms with E-state index in [-0.39, 0.29) is 23.7 Å². The van der Waals surface area contributed by atoms with Crippen LogP contribution < -0.4 is 0 Å². The van der Waals surface area contributed by atoms with Crippen molar-refractivity contribution in [3.63, 3.8) is 0 Å². The van der Waals surface area contributed by atoms with Gasteiger partial charge in [0, 0.05) is 17.1 Å². The van der Waals surface area contributed by atoms with Gasteiger partial charge in [-0.05, 0) is 24.8 Å². The maximum absolute atomic E-state index is 9.68. The standard InChI is InChI=1S/C12H12O3.3CO.Fe/c13-10-15-9-5-4-8-12(14)11-6-2-1-3-7-11;3*1-2;/h1-8,12,14H,9H2;;;;/q-1;;;;. The van der Waals surface area contributed by atoms with Crippen molar-refractivity contribution in [3.05, 3.63) is 75.1 Å². The molecule has 0 spiro atoms. The molecule has 1 N–H and O–H groups in total. The summed E-state index contributed by atoms with van der Waals surface area (Å²) >= 11 is 0. The van der Waals surface area contributed by atoms with Gasteiger partial charge in [0.05, 0.1) is 12.7 Å². The van der Waals surface area contributed by atoms with E-state index in [9.17, 15) is 9.90 Å². The van der Waals surface area contributed by atoms with Crippen molar-refractivity contribution in [1.29, 1.82) is 0 Å². The number of unbranched alkanes of at least 4 members (excludes halogenated alkanes) is 1. The van der Waals surface area contributed by atoms with Gasteiger partial charge in [0.1, 0.15) is 0 Å². The minimum absolute atomic E-state index is 0. The second-order valence-electron chi connectivity index (χ2n) is 2.87. The molecular weight excluding hydrogens is 332 g/mol. The monoisotopic (exact) mass is 344 g/mol. The Balaban J connectivity index is -0.000000206. The molecule has 6 nitrogen and oxygen atoms in total.